The number of rotatable bonds is 18. The molecule has 5 aromatic rings. The lowest BCUT2D eigenvalue weighted by Crippen LogP contribution is -2.39. The summed E-state index contributed by atoms with van der Waals surface area (Å²) in [5.41, 5.74) is 5.19. The van der Waals surface area contributed by atoms with Gasteiger partial charge in [-0.25, -0.2) is 4.79 Å². The van der Waals surface area contributed by atoms with Crippen LogP contribution >= 0.6 is 23.5 Å². The van der Waals surface area contributed by atoms with Gasteiger partial charge in [-0.05, 0) is 40.8 Å². The maximum atomic E-state index is 13.4. The molecule has 0 unspecified atom stereocenters. The second kappa shape index (κ2) is 19.0. The van der Waals surface area contributed by atoms with E-state index in [2.05, 4.69) is 60.7 Å². The van der Waals surface area contributed by atoms with E-state index in [-0.39, 0.29) is 17.2 Å². The van der Waals surface area contributed by atoms with Gasteiger partial charge in [-0.3, -0.25) is 0 Å². The van der Waals surface area contributed by atoms with Gasteiger partial charge in [0.2, 0.25) is 0 Å². The Labute approximate surface area is 281 Å². The molecule has 6 heteroatoms. The van der Waals surface area contributed by atoms with Crippen molar-refractivity contribution < 1.29 is 19.0 Å². The summed E-state index contributed by atoms with van der Waals surface area (Å²) in [5.74, 6) is 1.36. The molecule has 0 N–H and O–H groups in total. The zero-order valence-electron chi connectivity index (χ0n) is 25.9. The van der Waals surface area contributed by atoms with E-state index >= 15 is 0 Å². The van der Waals surface area contributed by atoms with Crippen molar-refractivity contribution >= 4 is 29.5 Å². The van der Waals surface area contributed by atoms with Crippen LogP contribution in [0.1, 0.15) is 39.0 Å². The van der Waals surface area contributed by atoms with Gasteiger partial charge in [0.15, 0.2) is 6.10 Å². The van der Waals surface area contributed by atoms with Gasteiger partial charge < -0.3 is 14.2 Å². The van der Waals surface area contributed by atoms with E-state index in [1.165, 1.54) is 11.1 Å². The SMILES string of the molecule is O=C(O[C@H](COCc1ccccc1)[C@H](CC(SCc1ccccc1)SCc1ccccc1)OCc1ccccc1)c1ccccc1. The molecule has 5 rings (SSSR count). The maximum Gasteiger partial charge on any atom is 0.338 e. The second-order valence-electron chi connectivity index (χ2n) is 10.9. The first-order valence-electron chi connectivity index (χ1n) is 15.6. The molecular weight excluding hydrogens is 609 g/mol. The normalized spacial score (nSPS) is 12.5. The van der Waals surface area contributed by atoms with Gasteiger partial charge in [0.25, 0.3) is 0 Å². The van der Waals surface area contributed by atoms with E-state index in [1.807, 2.05) is 102 Å². The monoisotopic (exact) mass is 648 g/mol. The summed E-state index contributed by atoms with van der Waals surface area (Å²) in [5, 5.41) is 0. The first kappa shape index (κ1) is 33.6. The molecule has 236 valence electrons. The molecule has 0 fully saturated rings. The highest BCUT2D eigenvalue weighted by molar-refractivity contribution is 8.16. The van der Waals surface area contributed by atoms with Crippen molar-refractivity contribution in [3.8, 4) is 0 Å². The molecule has 0 heterocycles. The summed E-state index contributed by atoms with van der Waals surface area (Å²) in [6.45, 7) is 1.04. The molecule has 4 nitrogen and oxygen atoms in total. The summed E-state index contributed by atoms with van der Waals surface area (Å²) in [7, 11) is 0. The largest absolute Gasteiger partial charge is 0.454 e. The number of thioether (sulfide) groups is 2. The van der Waals surface area contributed by atoms with Crippen molar-refractivity contribution in [1.82, 2.24) is 0 Å². The van der Waals surface area contributed by atoms with E-state index in [1.54, 1.807) is 12.1 Å². The van der Waals surface area contributed by atoms with Crippen molar-refractivity contribution in [2.24, 2.45) is 0 Å². The lowest BCUT2D eigenvalue weighted by molar-refractivity contribution is -0.0909. The van der Waals surface area contributed by atoms with Gasteiger partial charge in [0.05, 0.1) is 36.1 Å². The Morgan fingerprint density at radius 2 is 0.957 bits per heavy atom. The van der Waals surface area contributed by atoms with Crippen molar-refractivity contribution in [3.63, 3.8) is 0 Å². The quantitative estimate of drug-likeness (QED) is 0.0697. The van der Waals surface area contributed by atoms with Crippen LogP contribution in [0.25, 0.3) is 0 Å². The summed E-state index contributed by atoms with van der Waals surface area (Å²) in [6.07, 6.45) is -0.346. The average Bonchev–Trinajstić information content (AvgIpc) is 3.12. The first-order chi connectivity index (χ1) is 22.7. The minimum atomic E-state index is -0.614. The predicted molar refractivity (Wildman–Crippen MR) is 191 cm³/mol. The van der Waals surface area contributed by atoms with Gasteiger partial charge in [-0.15, -0.1) is 23.5 Å². The molecule has 0 amide bonds. The average molecular weight is 649 g/mol. The standard InChI is InChI=1S/C40H40O4S2/c41-40(36-24-14-5-15-25-36)44-38(29-42-27-32-16-6-1-7-17-32)37(43-28-33-18-8-2-9-19-33)26-39(45-30-34-20-10-3-11-21-34)46-31-35-22-12-4-13-23-35/h1-25,37-39H,26-31H2/t37-,38+/m0/s1. The van der Waals surface area contributed by atoms with Gasteiger partial charge in [-0.2, -0.15) is 0 Å². The maximum absolute atomic E-state index is 13.4. The van der Waals surface area contributed by atoms with Crippen LogP contribution in [0.2, 0.25) is 0 Å². The molecule has 0 saturated carbocycles. The number of benzene rings is 5. The van der Waals surface area contributed by atoms with Crippen LogP contribution in [0.5, 0.6) is 0 Å². The molecule has 46 heavy (non-hydrogen) atoms. The molecule has 0 aromatic heterocycles. The van der Waals surface area contributed by atoms with Gasteiger partial charge >= 0.3 is 5.97 Å². The summed E-state index contributed by atoms with van der Waals surface area (Å²) < 4.78 is 19.3. The third kappa shape index (κ3) is 11.5. The lowest BCUT2D eigenvalue weighted by Gasteiger charge is -2.30. The minimum Gasteiger partial charge on any atom is -0.454 e. The molecule has 0 aliphatic rings. The molecule has 2 atom stereocenters. The molecule has 0 bridgehead atoms. The van der Waals surface area contributed by atoms with Crippen LogP contribution in [0, 0.1) is 0 Å². The highest BCUT2D eigenvalue weighted by atomic mass is 32.2. The van der Waals surface area contributed by atoms with Crippen molar-refractivity contribution in [2.45, 2.75) is 47.9 Å². The Morgan fingerprint density at radius 1 is 0.522 bits per heavy atom. The Kier molecular flexibility index (Phi) is 13.9. The topological polar surface area (TPSA) is 44.8 Å². The van der Waals surface area contributed by atoms with Crippen molar-refractivity contribution in [1.29, 1.82) is 0 Å². The van der Waals surface area contributed by atoms with Crippen LogP contribution in [0.4, 0.5) is 0 Å². The van der Waals surface area contributed by atoms with E-state index in [0.717, 1.165) is 22.6 Å². The van der Waals surface area contributed by atoms with Crippen LogP contribution in [-0.2, 0) is 38.9 Å². The Balaban J connectivity index is 1.38. The van der Waals surface area contributed by atoms with Crippen molar-refractivity contribution in [3.05, 3.63) is 179 Å². The van der Waals surface area contributed by atoms with Crippen LogP contribution in [0.15, 0.2) is 152 Å². The molecule has 0 aliphatic heterocycles. The predicted octanol–water partition coefficient (Wildman–Crippen LogP) is 9.60. The van der Waals surface area contributed by atoms with Gasteiger partial charge in [0, 0.05) is 11.5 Å². The third-order valence-corrected chi connectivity index (χ3v) is 10.3. The zero-order valence-corrected chi connectivity index (χ0v) is 27.5. The van der Waals surface area contributed by atoms with Crippen LogP contribution in [-0.4, -0.2) is 29.4 Å². The first-order valence-corrected chi connectivity index (χ1v) is 17.7. The highest BCUT2D eigenvalue weighted by Gasteiger charge is 2.30. The number of carbonyl (C=O) groups is 1. The van der Waals surface area contributed by atoms with Gasteiger partial charge in [-0.1, -0.05) is 140 Å². The fourth-order valence-electron chi connectivity index (χ4n) is 4.87. The summed E-state index contributed by atoms with van der Waals surface area (Å²) in [4.78, 5) is 13.4. The van der Waals surface area contributed by atoms with E-state index in [4.69, 9.17) is 14.2 Å². The third-order valence-electron chi connectivity index (χ3n) is 7.37. The fraction of sp³-hybridized carbons (Fsp3) is 0.225. The summed E-state index contributed by atoms with van der Waals surface area (Å²) in [6, 6.07) is 50.4. The van der Waals surface area contributed by atoms with E-state index in [9.17, 15) is 4.79 Å². The highest BCUT2D eigenvalue weighted by Crippen LogP contribution is 2.35. The molecule has 5 aromatic carbocycles. The van der Waals surface area contributed by atoms with E-state index < -0.39 is 12.2 Å². The number of carbonyl (C=O) groups excluding carboxylic acids is 1. The smallest absolute Gasteiger partial charge is 0.338 e. The molecular formula is C40H40O4S2. The Hall–Kier alpha value is -3.81. The zero-order chi connectivity index (χ0) is 31.7. The number of hydrogen-bond donors (Lipinski definition) is 0. The van der Waals surface area contributed by atoms with Crippen LogP contribution < -0.4 is 0 Å². The minimum absolute atomic E-state index is 0.174. The van der Waals surface area contributed by atoms with Gasteiger partial charge in [0.1, 0.15) is 0 Å². The lowest BCUT2D eigenvalue weighted by atomic mass is 10.1. The number of ether oxygens (including phenoxy) is 3. The van der Waals surface area contributed by atoms with Crippen molar-refractivity contribution in [2.75, 3.05) is 6.61 Å². The molecule has 0 saturated heterocycles. The molecule has 0 radical (unpaired) electrons. The number of hydrogen-bond acceptors (Lipinski definition) is 6. The Morgan fingerprint density at radius 3 is 1.46 bits per heavy atom. The molecule has 0 spiro atoms. The molecule has 0 aliphatic carbocycles. The second-order valence-corrected chi connectivity index (χ2v) is 13.6. The number of esters is 1. The fourth-order valence-corrected chi connectivity index (χ4v) is 7.46. The Bertz CT molecular complexity index is 1490. The summed E-state index contributed by atoms with van der Waals surface area (Å²) >= 11 is 3.80. The van der Waals surface area contributed by atoms with E-state index in [0.29, 0.717) is 25.2 Å². The van der Waals surface area contributed by atoms with Crippen LogP contribution in [0.3, 0.4) is 0 Å².